The van der Waals surface area contributed by atoms with E-state index in [9.17, 15) is 35.4 Å². The zero-order valence-corrected chi connectivity index (χ0v) is 22.7. The van der Waals surface area contributed by atoms with Crippen LogP contribution in [0.25, 0.3) is 0 Å². The zero-order valence-electron chi connectivity index (χ0n) is 22.7. The zero-order chi connectivity index (χ0) is 29.4. The second-order valence-corrected chi connectivity index (χ2v) is 12.9. The van der Waals surface area contributed by atoms with Crippen LogP contribution < -0.4 is 11.5 Å². The second kappa shape index (κ2) is 7.52. The highest BCUT2D eigenvalue weighted by molar-refractivity contribution is 5.87. The number of hydrogen-bond acceptors (Lipinski definition) is 10. The largest absolute Gasteiger partial charge is 0.451 e. The first-order chi connectivity index (χ1) is 17.7. The van der Waals surface area contributed by atoms with Crippen molar-refractivity contribution in [1.82, 2.24) is 4.98 Å². The molecule has 0 aromatic carbocycles. The molecule has 6 aliphatic rings. The van der Waals surface area contributed by atoms with Crippen molar-refractivity contribution in [2.45, 2.75) is 99.9 Å². The van der Waals surface area contributed by atoms with Crippen molar-refractivity contribution < 1.29 is 44.9 Å². The molecule has 13 heteroatoms. The Labute approximate surface area is 225 Å². The van der Waals surface area contributed by atoms with Crippen LogP contribution in [0.2, 0.25) is 0 Å². The van der Waals surface area contributed by atoms with Crippen molar-refractivity contribution in [3.05, 3.63) is 24.0 Å². The fraction of sp³-hybridized carbons (Fsp3) is 0.769. The van der Waals surface area contributed by atoms with Gasteiger partial charge < -0.3 is 56.6 Å². The second-order valence-electron chi connectivity index (χ2n) is 12.9. The molecule has 1 spiro atoms. The molecule has 218 valence electrons. The highest BCUT2D eigenvalue weighted by atomic mass is 16.7. The predicted molar refractivity (Wildman–Crippen MR) is 135 cm³/mol. The molecule has 2 aliphatic heterocycles. The van der Waals surface area contributed by atoms with E-state index < -0.39 is 74.6 Å². The van der Waals surface area contributed by atoms with Gasteiger partial charge in [0, 0.05) is 18.0 Å². The summed E-state index contributed by atoms with van der Waals surface area (Å²) < 4.78 is 12.1. The molecule has 13 nitrogen and oxygen atoms in total. The van der Waals surface area contributed by atoms with Crippen LogP contribution >= 0.6 is 0 Å². The molecule has 4 aliphatic carbocycles. The van der Waals surface area contributed by atoms with Gasteiger partial charge in [0.1, 0.15) is 28.1 Å². The van der Waals surface area contributed by atoms with Crippen LogP contribution in [0.15, 0.2) is 18.3 Å². The number of ether oxygens (including phenoxy) is 2. The van der Waals surface area contributed by atoms with Crippen LogP contribution in [0.4, 0.5) is 0 Å². The van der Waals surface area contributed by atoms with Gasteiger partial charge in [-0.3, -0.25) is 5.41 Å². The van der Waals surface area contributed by atoms with E-state index in [1.165, 1.54) is 26.1 Å². The van der Waals surface area contributed by atoms with Crippen molar-refractivity contribution in [1.29, 1.82) is 5.41 Å². The molecule has 0 amide bonds. The van der Waals surface area contributed by atoms with Crippen molar-refractivity contribution in [2.24, 2.45) is 34.1 Å². The average molecular weight is 553 g/mol. The van der Waals surface area contributed by atoms with Gasteiger partial charge in [0.25, 0.3) is 0 Å². The third-order valence-corrected chi connectivity index (χ3v) is 11.3. The fourth-order valence-corrected chi connectivity index (χ4v) is 9.56. The SMILES string of the molecule is CC(C)[C@@]1(O)[C@@H](OC(=O)c2ccc[nH]2)[C@@]2(O)[C@@]3(C)C[C@]4(O)O[C@@]5([C@H](O)[C@@H](C)CC[C@]35O)[C@@]2(O)[C@@]14C.N=C(N)N. The summed E-state index contributed by atoms with van der Waals surface area (Å²) in [6, 6.07) is 3.06. The predicted octanol–water partition coefficient (Wildman–Crippen LogP) is -1.35. The molecule has 6 bridgehead atoms. The summed E-state index contributed by atoms with van der Waals surface area (Å²) in [4.78, 5) is 15.9. The quantitative estimate of drug-likeness (QED) is 0.119. The number of nitrogens with two attached hydrogens (primary N) is 2. The Morgan fingerprint density at radius 1 is 1.21 bits per heavy atom. The number of rotatable bonds is 3. The van der Waals surface area contributed by atoms with E-state index in [2.05, 4.69) is 16.5 Å². The molecule has 1 aromatic rings. The summed E-state index contributed by atoms with van der Waals surface area (Å²) in [7, 11) is 0. The third kappa shape index (κ3) is 2.38. The first-order valence-corrected chi connectivity index (χ1v) is 13.2. The van der Waals surface area contributed by atoms with Crippen LogP contribution in [0.5, 0.6) is 0 Å². The van der Waals surface area contributed by atoms with E-state index >= 15 is 0 Å². The molecule has 2 saturated heterocycles. The summed E-state index contributed by atoms with van der Waals surface area (Å²) in [6.07, 6.45) is -1.63. The van der Waals surface area contributed by atoms with E-state index in [-0.39, 0.29) is 24.5 Å². The number of aliphatic hydroxyl groups is 6. The fourth-order valence-electron chi connectivity index (χ4n) is 9.56. The van der Waals surface area contributed by atoms with Gasteiger partial charge >= 0.3 is 5.97 Å². The smallest absolute Gasteiger partial charge is 0.355 e. The maximum absolute atomic E-state index is 13.2. The summed E-state index contributed by atoms with van der Waals surface area (Å²) >= 11 is 0. The van der Waals surface area contributed by atoms with Crippen molar-refractivity contribution >= 4 is 11.9 Å². The molecule has 39 heavy (non-hydrogen) atoms. The Morgan fingerprint density at radius 2 is 1.79 bits per heavy atom. The third-order valence-electron chi connectivity index (χ3n) is 11.3. The number of hydrogen-bond donors (Lipinski definition) is 10. The van der Waals surface area contributed by atoms with Crippen molar-refractivity contribution in [3.8, 4) is 0 Å². The lowest BCUT2D eigenvalue weighted by Gasteiger charge is -2.60. The summed E-state index contributed by atoms with van der Waals surface area (Å²) in [5.74, 6) is -4.67. The highest BCUT2D eigenvalue weighted by Crippen LogP contribution is 2.90. The number of aliphatic hydroxyl groups excluding tert-OH is 1. The number of esters is 1. The molecule has 4 saturated carbocycles. The van der Waals surface area contributed by atoms with Gasteiger partial charge in [-0.1, -0.05) is 27.7 Å². The van der Waals surface area contributed by atoms with Gasteiger partial charge in [0.15, 0.2) is 23.5 Å². The molecule has 11 atom stereocenters. The van der Waals surface area contributed by atoms with E-state index in [1.807, 2.05) is 0 Å². The molecule has 0 unspecified atom stereocenters. The average Bonchev–Trinajstić information content (AvgIpc) is 3.45. The highest BCUT2D eigenvalue weighted by Gasteiger charge is 3.10. The molecule has 1 aromatic heterocycles. The van der Waals surface area contributed by atoms with E-state index in [4.69, 9.17) is 14.9 Å². The number of H-pyrrole nitrogens is 1. The maximum atomic E-state index is 13.2. The first kappa shape index (κ1) is 28.3. The Bertz CT molecular complexity index is 1230. The lowest BCUT2D eigenvalue weighted by atomic mass is 9.52. The van der Waals surface area contributed by atoms with E-state index in [1.54, 1.807) is 26.8 Å². The molecular weight excluding hydrogens is 512 g/mol. The number of nitrogens with one attached hydrogen (secondary N) is 2. The minimum absolute atomic E-state index is 0.0654. The van der Waals surface area contributed by atoms with Crippen LogP contribution in [-0.4, -0.2) is 93.6 Å². The van der Waals surface area contributed by atoms with Crippen LogP contribution in [0.3, 0.4) is 0 Å². The lowest BCUT2D eigenvalue weighted by Crippen LogP contribution is -2.75. The van der Waals surface area contributed by atoms with Crippen LogP contribution in [0, 0.1) is 28.1 Å². The summed E-state index contributed by atoms with van der Waals surface area (Å²) in [6.45, 7) is 7.91. The monoisotopic (exact) mass is 552 g/mol. The first-order valence-electron chi connectivity index (χ1n) is 13.2. The Morgan fingerprint density at radius 3 is 2.31 bits per heavy atom. The molecule has 12 N–H and O–H groups in total. The number of carbonyl (C=O) groups is 1. The van der Waals surface area contributed by atoms with Crippen LogP contribution in [0.1, 0.15) is 64.4 Å². The van der Waals surface area contributed by atoms with Crippen molar-refractivity contribution in [3.63, 3.8) is 0 Å². The van der Waals surface area contributed by atoms with Gasteiger partial charge in [-0.25, -0.2) is 4.79 Å². The number of guanidine groups is 1. The van der Waals surface area contributed by atoms with E-state index in [0.29, 0.717) is 6.42 Å². The van der Waals surface area contributed by atoms with Gasteiger partial charge in [-0.05, 0) is 43.7 Å². The Balaban J connectivity index is 0.000000723. The van der Waals surface area contributed by atoms with Gasteiger partial charge in [-0.2, -0.15) is 0 Å². The standard InChI is InChI=1S/C25H35NO9.CH5N3/c1-12(2)22(31)17(34-16(28)14-7-6-10-26-14)23(32)18(4)11-21(30)19(22,5)25(23,33)24(35-21)15(27)13(3)8-9-20(18,24)29;2-1(3)4/h6-7,10,12-13,15,17,26-27,29-33H,8-9,11H2,1-5H3;(H5,2,3,4)/t13-,15+,17+,18-,19+,20-,21-,22+,23+,24+,25+;/m0./s1. The minimum Gasteiger partial charge on any atom is -0.451 e. The Kier molecular flexibility index (Phi) is 5.45. The lowest BCUT2D eigenvalue weighted by molar-refractivity contribution is -0.390. The molecule has 3 heterocycles. The maximum Gasteiger partial charge on any atom is 0.355 e. The van der Waals surface area contributed by atoms with Gasteiger partial charge in [0.05, 0.1) is 11.5 Å². The van der Waals surface area contributed by atoms with Crippen LogP contribution in [-0.2, 0) is 9.47 Å². The van der Waals surface area contributed by atoms with E-state index in [0.717, 1.165) is 0 Å². The van der Waals surface area contributed by atoms with Crippen molar-refractivity contribution in [2.75, 3.05) is 0 Å². The molecule has 0 radical (unpaired) electrons. The summed E-state index contributed by atoms with van der Waals surface area (Å²) in [5.41, 5.74) is -6.28. The molecule has 7 rings (SSSR count). The summed E-state index contributed by atoms with van der Waals surface area (Å²) in [5, 5.41) is 80.0. The normalized spacial score (nSPS) is 54.3. The number of carbonyl (C=O) groups excluding carboxylic acids is 1. The van der Waals surface area contributed by atoms with Gasteiger partial charge in [0.2, 0.25) is 0 Å². The molecule has 6 fully saturated rings. The van der Waals surface area contributed by atoms with Gasteiger partial charge in [-0.15, -0.1) is 0 Å². The number of aromatic amines is 1. The topological polar surface area (TPSA) is 249 Å². The number of aromatic nitrogens is 1. The Hall–Kier alpha value is -2.26. The minimum atomic E-state index is -2.59. The molecular formula is C26H40N4O9.